The van der Waals surface area contributed by atoms with Crippen molar-refractivity contribution >= 4 is 5.91 Å². The predicted molar refractivity (Wildman–Crippen MR) is 62.8 cm³/mol. The molecule has 1 aliphatic heterocycles. The number of phenolic OH excluding ortho intramolecular Hbond substituents is 1. The number of amides is 1. The number of ether oxygens (including phenoxy) is 1. The van der Waals surface area contributed by atoms with E-state index in [0.29, 0.717) is 26.2 Å². The fourth-order valence-electron chi connectivity index (χ4n) is 1.90. The summed E-state index contributed by atoms with van der Waals surface area (Å²) in [6.45, 7) is 1.56. The Balaban J connectivity index is 2.15. The summed E-state index contributed by atoms with van der Waals surface area (Å²) < 4.78 is 18.2. The van der Waals surface area contributed by atoms with Crippen LogP contribution < -0.4 is 5.73 Å². The van der Waals surface area contributed by atoms with Crippen molar-refractivity contribution in [2.45, 2.75) is 6.10 Å². The van der Waals surface area contributed by atoms with Crippen molar-refractivity contribution in [3.63, 3.8) is 0 Å². The fourth-order valence-corrected chi connectivity index (χ4v) is 1.90. The second-order valence-electron chi connectivity index (χ2n) is 4.14. The summed E-state index contributed by atoms with van der Waals surface area (Å²) in [5, 5.41) is 9.57. The van der Waals surface area contributed by atoms with Gasteiger partial charge in [0.15, 0.2) is 0 Å². The molecule has 0 radical (unpaired) electrons. The summed E-state index contributed by atoms with van der Waals surface area (Å²) in [4.78, 5) is 13.7. The van der Waals surface area contributed by atoms with Gasteiger partial charge in [-0.25, -0.2) is 4.39 Å². The number of halogens is 1. The lowest BCUT2D eigenvalue weighted by atomic mass is 10.1. The minimum absolute atomic E-state index is 0.0917. The smallest absolute Gasteiger partial charge is 0.257 e. The second kappa shape index (κ2) is 5.32. The van der Waals surface area contributed by atoms with Gasteiger partial charge in [-0.1, -0.05) is 0 Å². The van der Waals surface area contributed by atoms with Gasteiger partial charge in [0.05, 0.1) is 18.3 Å². The van der Waals surface area contributed by atoms with Crippen molar-refractivity contribution in [2.24, 2.45) is 5.73 Å². The third-order valence-electron chi connectivity index (χ3n) is 2.88. The number of carbonyl (C=O) groups excluding carboxylic acids is 1. The number of hydrogen-bond donors (Lipinski definition) is 2. The number of nitrogens with two attached hydrogens (primary N) is 1. The molecular weight excluding hydrogens is 239 g/mol. The van der Waals surface area contributed by atoms with E-state index in [0.717, 1.165) is 12.1 Å². The Morgan fingerprint density at radius 2 is 2.39 bits per heavy atom. The minimum atomic E-state index is -0.578. The van der Waals surface area contributed by atoms with Crippen LogP contribution in [0.1, 0.15) is 10.4 Å². The van der Waals surface area contributed by atoms with Crippen LogP contribution in [0.3, 0.4) is 0 Å². The Morgan fingerprint density at radius 3 is 3.06 bits per heavy atom. The van der Waals surface area contributed by atoms with E-state index in [-0.39, 0.29) is 23.3 Å². The Bertz CT molecular complexity index is 453. The van der Waals surface area contributed by atoms with Gasteiger partial charge in [-0.15, -0.1) is 0 Å². The average molecular weight is 254 g/mol. The van der Waals surface area contributed by atoms with Crippen molar-refractivity contribution < 1.29 is 19.0 Å². The molecule has 18 heavy (non-hydrogen) atoms. The maximum absolute atomic E-state index is 12.8. The summed E-state index contributed by atoms with van der Waals surface area (Å²) in [7, 11) is 0. The first-order valence-corrected chi connectivity index (χ1v) is 5.71. The van der Waals surface area contributed by atoms with Crippen LogP contribution in [0.2, 0.25) is 0 Å². The Hall–Kier alpha value is -1.66. The van der Waals surface area contributed by atoms with E-state index in [2.05, 4.69) is 0 Å². The van der Waals surface area contributed by atoms with Gasteiger partial charge < -0.3 is 20.5 Å². The van der Waals surface area contributed by atoms with Crippen molar-refractivity contribution in [1.29, 1.82) is 0 Å². The monoisotopic (exact) mass is 254 g/mol. The zero-order chi connectivity index (χ0) is 13.1. The molecule has 1 unspecified atom stereocenters. The molecule has 1 saturated heterocycles. The van der Waals surface area contributed by atoms with Crippen LogP contribution in [0, 0.1) is 5.82 Å². The molecule has 6 heteroatoms. The number of nitrogens with zero attached hydrogens (tertiary/aromatic N) is 1. The molecule has 0 aromatic heterocycles. The standard InChI is InChI=1S/C12H15FN2O3/c13-8-1-2-10(11(16)5-8)12(17)15-3-4-18-9(6-14)7-15/h1-2,5,9,16H,3-4,6-7,14H2. The van der Waals surface area contributed by atoms with E-state index in [1.165, 1.54) is 6.07 Å². The number of aromatic hydroxyl groups is 1. The molecule has 1 atom stereocenters. The van der Waals surface area contributed by atoms with Crippen LogP contribution in [-0.2, 0) is 4.74 Å². The first-order chi connectivity index (χ1) is 8.61. The van der Waals surface area contributed by atoms with Gasteiger partial charge in [-0.05, 0) is 12.1 Å². The van der Waals surface area contributed by atoms with Crippen molar-refractivity contribution in [3.8, 4) is 5.75 Å². The van der Waals surface area contributed by atoms with Gasteiger partial charge >= 0.3 is 0 Å². The molecule has 1 heterocycles. The lowest BCUT2D eigenvalue weighted by Gasteiger charge is -2.32. The highest BCUT2D eigenvalue weighted by Crippen LogP contribution is 2.21. The maximum atomic E-state index is 12.8. The van der Waals surface area contributed by atoms with Crippen LogP contribution in [-0.4, -0.2) is 48.3 Å². The molecule has 0 saturated carbocycles. The van der Waals surface area contributed by atoms with E-state index in [4.69, 9.17) is 10.5 Å². The molecule has 5 nitrogen and oxygen atoms in total. The molecule has 2 rings (SSSR count). The summed E-state index contributed by atoms with van der Waals surface area (Å²) in [6.07, 6.45) is -0.190. The summed E-state index contributed by atoms with van der Waals surface area (Å²) in [5.74, 6) is -1.27. The highest BCUT2D eigenvalue weighted by molar-refractivity contribution is 5.96. The molecule has 1 amide bonds. The number of rotatable bonds is 2. The third-order valence-corrected chi connectivity index (χ3v) is 2.88. The SMILES string of the molecule is NCC1CN(C(=O)c2ccc(F)cc2O)CCO1. The zero-order valence-electron chi connectivity index (χ0n) is 9.80. The van der Waals surface area contributed by atoms with Gasteiger partial charge in [0, 0.05) is 25.7 Å². The maximum Gasteiger partial charge on any atom is 0.257 e. The van der Waals surface area contributed by atoms with Gasteiger partial charge in [-0.3, -0.25) is 4.79 Å². The van der Waals surface area contributed by atoms with Crippen LogP contribution in [0.5, 0.6) is 5.75 Å². The summed E-state index contributed by atoms with van der Waals surface area (Å²) in [5.41, 5.74) is 5.58. The second-order valence-corrected chi connectivity index (χ2v) is 4.14. The lowest BCUT2D eigenvalue weighted by molar-refractivity contribution is -0.0168. The first-order valence-electron chi connectivity index (χ1n) is 5.71. The van der Waals surface area contributed by atoms with Gasteiger partial charge in [-0.2, -0.15) is 0 Å². The fraction of sp³-hybridized carbons (Fsp3) is 0.417. The molecule has 0 bridgehead atoms. The van der Waals surface area contributed by atoms with Crippen LogP contribution in [0.25, 0.3) is 0 Å². The molecule has 1 aromatic rings. The van der Waals surface area contributed by atoms with Crippen molar-refractivity contribution in [2.75, 3.05) is 26.2 Å². The van der Waals surface area contributed by atoms with Gasteiger partial charge in [0.25, 0.3) is 5.91 Å². The summed E-state index contributed by atoms with van der Waals surface area (Å²) >= 11 is 0. The Labute approximate surface area is 104 Å². The highest BCUT2D eigenvalue weighted by atomic mass is 19.1. The number of phenols is 1. The average Bonchev–Trinajstić information content (AvgIpc) is 2.38. The first kappa shape index (κ1) is 12.8. The van der Waals surface area contributed by atoms with E-state index in [9.17, 15) is 14.3 Å². The lowest BCUT2D eigenvalue weighted by Crippen LogP contribution is -2.48. The van der Waals surface area contributed by atoms with Crippen LogP contribution in [0.4, 0.5) is 4.39 Å². The molecule has 0 aliphatic carbocycles. The largest absolute Gasteiger partial charge is 0.507 e. The number of hydrogen-bond acceptors (Lipinski definition) is 4. The zero-order valence-corrected chi connectivity index (χ0v) is 9.80. The molecule has 0 spiro atoms. The molecule has 1 aromatic carbocycles. The molecule has 3 N–H and O–H groups in total. The van der Waals surface area contributed by atoms with E-state index < -0.39 is 5.82 Å². The molecule has 1 aliphatic rings. The molecule has 98 valence electrons. The van der Waals surface area contributed by atoms with E-state index in [1.54, 1.807) is 4.90 Å². The van der Waals surface area contributed by atoms with E-state index in [1.807, 2.05) is 0 Å². The molecule has 1 fully saturated rings. The van der Waals surface area contributed by atoms with E-state index >= 15 is 0 Å². The topological polar surface area (TPSA) is 75.8 Å². The summed E-state index contributed by atoms with van der Waals surface area (Å²) in [6, 6.07) is 3.35. The van der Waals surface area contributed by atoms with Crippen molar-refractivity contribution in [3.05, 3.63) is 29.6 Å². The quantitative estimate of drug-likeness (QED) is 0.797. The normalized spacial score (nSPS) is 19.9. The third kappa shape index (κ3) is 2.60. The van der Waals surface area contributed by atoms with Gasteiger partial charge in [0.1, 0.15) is 11.6 Å². The number of morpholine rings is 1. The van der Waals surface area contributed by atoms with Crippen LogP contribution in [0.15, 0.2) is 18.2 Å². The predicted octanol–water partition coefficient (Wildman–Crippen LogP) is 0.331. The number of benzene rings is 1. The van der Waals surface area contributed by atoms with Crippen LogP contribution >= 0.6 is 0 Å². The molecular formula is C12H15FN2O3. The Morgan fingerprint density at radius 1 is 1.61 bits per heavy atom. The van der Waals surface area contributed by atoms with Gasteiger partial charge in [0.2, 0.25) is 0 Å². The Kier molecular flexibility index (Phi) is 3.78. The highest BCUT2D eigenvalue weighted by Gasteiger charge is 2.25. The van der Waals surface area contributed by atoms with Crippen molar-refractivity contribution in [1.82, 2.24) is 4.90 Å². The minimum Gasteiger partial charge on any atom is -0.507 e. The number of carbonyl (C=O) groups is 1.